The third-order valence-electron chi connectivity index (χ3n) is 2.96. The van der Waals surface area contributed by atoms with Crippen LogP contribution in [-0.4, -0.2) is 5.54 Å². The monoisotopic (exact) mass is 199 g/mol. The van der Waals surface area contributed by atoms with E-state index in [0.717, 1.165) is 12.3 Å². The Balaban J connectivity index is 3.14. The summed E-state index contributed by atoms with van der Waals surface area (Å²) in [6.07, 6.45) is 9.34. The van der Waals surface area contributed by atoms with E-state index in [4.69, 9.17) is 5.73 Å². The topological polar surface area (TPSA) is 26.0 Å². The first-order valence-electron chi connectivity index (χ1n) is 6.24. The van der Waals surface area contributed by atoms with Crippen LogP contribution in [0.25, 0.3) is 0 Å². The molecule has 0 aromatic rings. The van der Waals surface area contributed by atoms with Crippen molar-refractivity contribution in [3.05, 3.63) is 0 Å². The van der Waals surface area contributed by atoms with E-state index >= 15 is 0 Å². The predicted molar refractivity (Wildman–Crippen MR) is 65.4 cm³/mol. The second-order valence-corrected chi connectivity index (χ2v) is 5.45. The van der Waals surface area contributed by atoms with Crippen molar-refractivity contribution in [3.63, 3.8) is 0 Å². The molecule has 1 unspecified atom stereocenters. The molecule has 0 aliphatic rings. The summed E-state index contributed by atoms with van der Waals surface area (Å²) in [6, 6.07) is 0. The molecule has 0 amide bonds. The molecule has 0 radical (unpaired) electrons. The van der Waals surface area contributed by atoms with Gasteiger partial charge in [0.15, 0.2) is 0 Å². The highest BCUT2D eigenvalue weighted by Gasteiger charge is 2.08. The van der Waals surface area contributed by atoms with Crippen molar-refractivity contribution >= 4 is 0 Å². The molecule has 2 N–H and O–H groups in total. The number of nitrogens with two attached hydrogens (primary N) is 1. The second kappa shape index (κ2) is 7.28. The maximum atomic E-state index is 5.92. The standard InChI is InChI=1S/C13H29N/c1-5-12(2)10-8-6-7-9-11-13(3,4)14/h12H,5-11,14H2,1-4H3. The van der Waals surface area contributed by atoms with Crippen LogP contribution in [0.5, 0.6) is 0 Å². The van der Waals surface area contributed by atoms with Gasteiger partial charge in [-0.2, -0.15) is 0 Å². The third-order valence-corrected chi connectivity index (χ3v) is 2.96. The van der Waals surface area contributed by atoms with Gasteiger partial charge >= 0.3 is 0 Å². The normalized spacial score (nSPS) is 14.4. The molecule has 0 spiro atoms. The van der Waals surface area contributed by atoms with Gasteiger partial charge < -0.3 is 5.73 Å². The summed E-state index contributed by atoms with van der Waals surface area (Å²) < 4.78 is 0. The van der Waals surface area contributed by atoms with E-state index in [9.17, 15) is 0 Å². The molecule has 0 rings (SSSR count). The molecule has 0 aliphatic carbocycles. The molecule has 0 aromatic heterocycles. The average Bonchev–Trinajstić information content (AvgIpc) is 2.08. The van der Waals surface area contributed by atoms with Gasteiger partial charge in [-0.05, 0) is 26.2 Å². The lowest BCUT2D eigenvalue weighted by Crippen LogP contribution is -2.31. The maximum absolute atomic E-state index is 5.92. The van der Waals surface area contributed by atoms with E-state index in [0.29, 0.717) is 0 Å². The average molecular weight is 199 g/mol. The minimum Gasteiger partial charge on any atom is -0.326 e. The molecule has 0 saturated heterocycles. The van der Waals surface area contributed by atoms with E-state index in [1.165, 1.54) is 38.5 Å². The van der Waals surface area contributed by atoms with E-state index in [1.54, 1.807) is 0 Å². The fraction of sp³-hybridized carbons (Fsp3) is 1.00. The van der Waals surface area contributed by atoms with Gasteiger partial charge in [0, 0.05) is 5.54 Å². The van der Waals surface area contributed by atoms with Crippen LogP contribution >= 0.6 is 0 Å². The van der Waals surface area contributed by atoms with Crippen molar-refractivity contribution in [2.45, 2.75) is 78.2 Å². The fourth-order valence-electron chi connectivity index (χ4n) is 1.63. The summed E-state index contributed by atoms with van der Waals surface area (Å²) in [5, 5.41) is 0. The minimum absolute atomic E-state index is 0.0384. The van der Waals surface area contributed by atoms with Crippen molar-refractivity contribution in [2.24, 2.45) is 11.7 Å². The first kappa shape index (κ1) is 14.0. The van der Waals surface area contributed by atoms with Crippen LogP contribution < -0.4 is 5.73 Å². The van der Waals surface area contributed by atoms with Crippen LogP contribution in [0.3, 0.4) is 0 Å². The van der Waals surface area contributed by atoms with E-state index in [2.05, 4.69) is 27.7 Å². The maximum Gasteiger partial charge on any atom is 0.00970 e. The van der Waals surface area contributed by atoms with Gasteiger partial charge in [-0.3, -0.25) is 0 Å². The molecule has 0 aromatic carbocycles. The number of hydrogen-bond acceptors (Lipinski definition) is 1. The summed E-state index contributed by atoms with van der Waals surface area (Å²) in [7, 11) is 0. The highest BCUT2D eigenvalue weighted by Crippen LogP contribution is 2.15. The van der Waals surface area contributed by atoms with E-state index in [1.807, 2.05) is 0 Å². The van der Waals surface area contributed by atoms with Crippen LogP contribution in [0.2, 0.25) is 0 Å². The van der Waals surface area contributed by atoms with Crippen molar-refractivity contribution in [3.8, 4) is 0 Å². The zero-order chi connectivity index (χ0) is 11.0. The number of unbranched alkanes of at least 4 members (excludes halogenated alkanes) is 3. The molecule has 0 aliphatic heterocycles. The zero-order valence-electron chi connectivity index (χ0n) is 10.6. The molecule has 0 bridgehead atoms. The zero-order valence-corrected chi connectivity index (χ0v) is 10.6. The van der Waals surface area contributed by atoms with Crippen LogP contribution in [-0.2, 0) is 0 Å². The highest BCUT2D eigenvalue weighted by atomic mass is 14.7. The fourth-order valence-corrected chi connectivity index (χ4v) is 1.63. The van der Waals surface area contributed by atoms with Crippen molar-refractivity contribution in [2.75, 3.05) is 0 Å². The molecule has 0 saturated carbocycles. The molecule has 1 heteroatoms. The first-order chi connectivity index (χ1) is 6.45. The predicted octanol–water partition coefficient (Wildman–Crippen LogP) is 4.11. The molecular weight excluding hydrogens is 170 g/mol. The minimum atomic E-state index is 0.0384. The van der Waals surface area contributed by atoms with Gasteiger partial charge in [0.25, 0.3) is 0 Å². The van der Waals surface area contributed by atoms with Gasteiger partial charge in [0.05, 0.1) is 0 Å². The lowest BCUT2D eigenvalue weighted by molar-refractivity contribution is 0.429. The summed E-state index contributed by atoms with van der Waals surface area (Å²) >= 11 is 0. The Bertz CT molecular complexity index is 124. The van der Waals surface area contributed by atoms with Gasteiger partial charge in [0.2, 0.25) is 0 Å². The van der Waals surface area contributed by atoms with Crippen molar-refractivity contribution < 1.29 is 0 Å². The summed E-state index contributed by atoms with van der Waals surface area (Å²) in [5.74, 6) is 0.918. The molecule has 86 valence electrons. The summed E-state index contributed by atoms with van der Waals surface area (Å²) in [6.45, 7) is 8.86. The van der Waals surface area contributed by atoms with Gasteiger partial charge in [-0.25, -0.2) is 0 Å². The van der Waals surface area contributed by atoms with Crippen LogP contribution in [0, 0.1) is 5.92 Å². The third kappa shape index (κ3) is 10.0. The Morgan fingerprint density at radius 1 is 1.07 bits per heavy atom. The molecule has 14 heavy (non-hydrogen) atoms. The van der Waals surface area contributed by atoms with E-state index < -0.39 is 0 Å². The first-order valence-corrected chi connectivity index (χ1v) is 6.24. The van der Waals surface area contributed by atoms with Gasteiger partial charge in [-0.15, -0.1) is 0 Å². The van der Waals surface area contributed by atoms with E-state index in [-0.39, 0.29) is 5.54 Å². The van der Waals surface area contributed by atoms with Gasteiger partial charge in [-0.1, -0.05) is 52.4 Å². The molecule has 1 nitrogen and oxygen atoms in total. The Hall–Kier alpha value is -0.0400. The van der Waals surface area contributed by atoms with Crippen molar-refractivity contribution in [1.29, 1.82) is 0 Å². The number of rotatable bonds is 8. The number of hydrogen-bond donors (Lipinski definition) is 1. The van der Waals surface area contributed by atoms with Gasteiger partial charge in [0.1, 0.15) is 0 Å². The Labute approximate surface area is 90.5 Å². The Morgan fingerprint density at radius 2 is 1.64 bits per heavy atom. The van der Waals surface area contributed by atoms with Crippen LogP contribution in [0.15, 0.2) is 0 Å². The largest absolute Gasteiger partial charge is 0.326 e. The smallest absolute Gasteiger partial charge is 0.00970 e. The van der Waals surface area contributed by atoms with Crippen molar-refractivity contribution in [1.82, 2.24) is 0 Å². The molecular formula is C13H29N. The van der Waals surface area contributed by atoms with Crippen LogP contribution in [0.1, 0.15) is 72.6 Å². The Morgan fingerprint density at radius 3 is 2.14 bits per heavy atom. The second-order valence-electron chi connectivity index (χ2n) is 5.45. The molecule has 1 atom stereocenters. The van der Waals surface area contributed by atoms with Crippen LogP contribution in [0.4, 0.5) is 0 Å². The Kier molecular flexibility index (Phi) is 7.26. The lowest BCUT2D eigenvalue weighted by atomic mass is 9.96. The molecule has 0 fully saturated rings. The lowest BCUT2D eigenvalue weighted by Gasteiger charge is -2.17. The summed E-state index contributed by atoms with van der Waals surface area (Å²) in [4.78, 5) is 0. The molecule has 0 heterocycles. The SMILES string of the molecule is CCC(C)CCCCCCC(C)(C)N. The quantitative estimate of drug-likeness (QED) is 0.585. The highest BCUT2D eigenvalue weighted by molar-refractivity contribution is 4.70. The summed E-state index contributed by atoms with van der Waals surface area (Å²) in [5.41, 5.74) is 5.96.